The van der Waals surface area contributed by atoms with Crippen LogP contribution in [0.2, 0.25) is 0 Å². The second-order valence-electron chi connectivity index (χ2n) is 4.91. The molecule has 1 aromatic carbocycles. The number of nitro benzene ring substituents is 1. The van der Waals surface area contributed by atoms with Crippen LogP contribution in [-0.2, 0) is 11.4 Å². The van der Waals surface area contributed by atoms with Gasteiger partial charge in [0.05, 0.1) is 11.5 Å². The number of aliphatic hydroxyl groups is 1. The van der Waals surface area contributed by atoms with Crippen molar-refractivity contribution in [3.63, 3.8) is 0 Å². The van der Waals surface area contributed by atoms with Crippen LogP contribution < -0.4 is 4.74 Å². The van der Waals surface area contributed by atoms with E-state index in [1.807, 2.05) is 6.92 Å². The molecular formula is C14H18N2O5. The van der Waals surface area contributed by atoms with E-state index in [1.54, 1.807) is 4.90 Å². The van der Waals surface area contributed by atoms with Crippen molar-refractivity contribution in [3.8, 4) is 5.75 Å². The molecule has 1 N–H and O–H groups in total. The molecular weight excluding hydrogens is 276 g/mol. The predicted molar refractivity (Wildman–Crippen MR) is 74.9 cm³/mol. The Hall–Kier alpha value is -2.15. The number of nitrogens with zero attached hydrogens (tertiary/aromatic N) is 2. The van der Waals surface area contributed by atoms with Gasteiger partial charge in [-0.25, -0.2) is 0 Å². The van der Waals surface area contributed by atoms with E-state index in [0.29, 0.717) is 23.9 Å². The van der Waals surface area contributed by atoms with Crippen LogP contribution in [0.5, 0.6) is 5.75 Å². The van der Waals surface area contributed by atoms with E-state index in [-0.39, 0.29) is 24.8 Å². The van der Waals surface area contributed by atoms with Gasteiger partial charge >= 0.3 is 0 Å². The molecule has 114 valence electrons. The molecule has 2 rings (SSSR count). The third kappa shape index (κ3) is 3.69. The van der Waals surface area contributed by atoms with Crippen molar-refractivity contribution in [2.45, 2.75) is 32.4 Å². The zero-order chi connectivity index (χ0) is 15.4. The van der Waals surface area contributed by atoms with Crippen LogP contribution in [0.1, 0.15) is 25.3 Å². The topological polar surface area (TPSA) is 92.9 Å². The highest BCUT2D eigenvalue weighted by molar-refractivity contribution is 5.78. The molecule has 7 heteroatoms. The van der Waals surface area contributed by atoms with Gasteiger partial charge in [-0.15, -0.1) is 0 Å². The molecule has 0 heterocycles. The highest BCUT2D eigenvalue weighted by Crippen LogP contribution is 2.27. The Kier molecular flexibility index (Phi) is 4.74. The normalized spacial score (nSPS) is 13.8. The van der Waals surface area contributed by atoms with Gasteiger partial charge in [0.15, 0.2) is 6.61 Å². The number of hydrogen-bond acceptors (Lipinski definition) is 5. The van der Waals surface area contributed by atoms with Gasteiger partial charge < -0.3 is 14.7 Å². The van der Waals surface area contributed by atoms with Gasteiger partial charge in [0.25, 0.3) is 11.6 Å². The van der Waals surface area contributed by atoms with Crippen LogP contribution in [0, 0.1) is 10.1 Å². The van der Waals surface area contributed by atoms with Crippen molar-refractivity contribution < 1.29 is 19.6 Å². The van der Waals surface area contributed by atoms with Crippen molar-refractivity contribution in [2.24, 2.45) is 0 Å². The lowest BCUT2D eigenvalue weighted by Gasteiger charge is -2.20. The van der Waals surface area contributed by atoms with Crippen molar-refractivity contribution in [1.82, 2.24) is 4.90 Å². The molecule has 1 fully saturated rings. The summed E-state index contributed by atoms with van der Waals surface area (Å²) in [4.78, 5) is 23.9. The fraction of sp³-hybridized carbons (Fsp3) is 0.500. The van der Waals surface area contributed by atoms with Crippen LogP contribution in [0.4, 0.5) is 5.69 Å². The van der Waals surface area contributed by atoms with Crippen LogP contribution in [0.3, 0.4) is 0 Å². The first-order valence-corrected chi connectivity index (χ1v) is 6.87. The minimum atomic E-state index is -0.542. The van der Waals surface area contributed by atoms with Gasteiger partial charge in [-0.05, 0) is 25.8 Å². The molecule has 0 atom stereocenters. The summed E-state index contributed by atoms with van der Waals surface area (Å²) in [5.74, 6) is 0.186. The zero-order valence-electron chi connectivity index (χ0n) is 11.8. The predicted octanol–water partition coefficient (Wildman–Crippen LogP) is 1.48. The summed E-state index contributed by atoms with van der Waals surface area (Å²) in [5.41, 5.74) is 0.178. The molecule has 1 amide bonds. The monoisotopic (exact) mass is 294 g/mol. The molecule has 1 aliphatic rings. The fourth-order valence-electron chi connectivity index (χ4n) is 2.19. The number of carbonyl (C=O) groups excluding carboxylic acids is 1. The number of hydrogen-bond donors (Lipinski definition) is 1. The number of aliphatic hydroxyl groups excluding tert-OH is 1. The first-order chi connectivity index (χ1) is 10.1. The number of amides is 1. The number of carbonyl (C=O) groups is 1. The Balaban J connectivity index is 2.02. The van der Waals surface area contributed by atoms with Gasteiger partial charge in [-0.1, -0.05) is 0 Å². The summed E-state index contributed by atoms with van der Waals surface area (Å²) in [5, 5.41) is 19.9. The van der Waals surface area contributed by atoms with E-state index in [4.69, 9.17) is 4.74 Å². The van der Waals surface area contributed by atoms with E-state index in [1.165, 1.54) is 18.2 Å². The number of non-ortho nitro benzene ring substituents is 1. The van der Waals surface area contributed by atoms with Gasteiger partial charge in [0.2, 0.25) is 0 Å². The van der Waals surface area contributed by atoms with Gasteiger partial charge in [0.1, 0.15) is 5.75 Å². The molecule has 0 aromatic heterocycles. The first kappa shape index (κ1) is 15.2. The second kappa shape index (κ2) is 6.53. The molecule has 1 saturated carbocycles. The minimum Gasteiger partial charge on any atom is -0.483 e. The number of likely N-dealkylation sites (N-methyl/N-ethyl adjacent to an activating group) is 1. The maximum absolute atomic E-state index is 12.0. The molecule has 1 aliphatic carbocycles. The zero-order valence-corrected chi connectivity index (χ0v) is 11.8. The molecule has 0 saturated heterocycles. The molecule has 21 heavy (non-hydrogen) atoms. The number of rotatable bonds is 7. The minimum absolute atomic E-state index is 0.109. The van der Waals surface area contributed by atoms with Crippen molar-refractivity contribution >= 4 is 11.6 Å². The number of nitro groups is 1. The SMILES string of the molecule is CCN(C(=O)COc1ccc([N+](=O)[O-])cc1CO)C1CC1. The maximum atomic E-state index is 12.0. The lowest BCUT2D eigenvalue weighted by atomic mass is 10.2. The molecule has 1 aromatic rings. The summed E-state index contributed by atoms with van der Waals surface area (Å²) < 4.78 is 5.41. The molecule has 0 spiro atoms. The lowest BCUT2D eigenvalue weighted by Crippen LogP contribution is -2.36. The summed E-state index contributed by atoms with van der Waals surface area (Å²) in [6.45, 7) is 2.04. The average molecular weight is 294 g/mol. The van der Waals surface area contributed by atoms with E-state index in [9.17, 15) is 20.0 Å². The second-order valence-corrected chi connectivity index (χ2v) is 4.91. The van der Waals surface area contributed by atoms with E-state index in [2.05, 4.69) is 0 Å². The van der Waals surface area contributed by atoms with Crippen LogP contribution in [-0.4, -0.2) is 40.0 Å². The molecule has 0 aliphatic heterocycles. The standard InChI is InChI=1S/C14H18N2O5/c1-2-15(11-3-4-11)14(18)9-21-13-6-5-12(16(19)20)7-10(13)8-17/h5-7,11,17H,2-4,8-9H2,1H3. The van der Waals surface area contributed by atoms with Crippen LogP contribution in [0.15, 0.2) is 18.2 Å². The van der Waals surface area contributed by atoms with Crippen molar-refractivity contribution in [2.75, 3.05) is 13.2 Å². The Bertz CT molecular complexity index is 542. The van der Waals surface area contributed by atoms with E-state index in [0.717, 1.165) is 12.8 Å². The van der Waals surface area contributed by atoms with E-state index >= 15 is 0 Å². The Morgan fingerprint density at radius 2 is 2.24 bits per heavy atom. The quantitative estimate of drug-likeness (QED) is 0.607. The highest BCUT2D eigenvalue weighted by atomic mass is 16.6. The maximum Gasteiger partial charge on any atom is 0.270 e. The summed E-state index contributed by atoms with van der Waals surface area (Å²) >= 11 is 0. The lowest BCUT2D eigenvalue weighted by molar-refractivity contribution is -0.385. The average Bonchev–Trinajstić information content (AvgIpc) is 3.30. The summed E-state index contributed by atoms with van der Waals surface area (Å²) in [6, 6.07) is 4.26. The van der Waals surface area contributed by atoms with Crippen molar-refractivity contribution in [3.05, 3.63) is 33.9 Å². The molecule has 0 bridgehead atoms. The Labute approximate surface area is 122 Å². The van der Waals surface area contributed by atoms with Gasteiger partial charge in [0, 0.05) is 30.3 Å². The molecule has 0 radical (unpaired) electrons. The summed E-state index contributed by atoms with van der Waals surface area (Å²) in [6.07, 6.45) is 2.05. The third-order valence-electron chi connectivity index (χ3n) is 3.43. The fourth-order valence-corrected chi connectivity index (χ4v) is 2.19. The largest absolute Gasteiger partial charge is 0.483 e. The first-order valence-electron chi connectivity index (χ1n) is 6.87. The van der Waals surface area contributed by atoms with Crippen molar-refractivity contribution in [1.29, 1.82) is 0 Å². The van der Waals surface area contributed by atoms with Crippen LogP contribution in [0.25, 0.3) is 0 Å². The molecule has 7 nitrogen and oxygen atoms in total. The number of benzene rings is 1. The number of ether oxygens (including phenoxy) is 1. The summed E-state index contributed by atoms with van der Waals surface area (Å²) in [7, 11) is 0. The Morgan fingerprint density at radius 3 is 2.76 bits per heavy atom. The molecule has 0 unspecified atom stereocenters. The Morgan fingerprint density at radius 1 is 1.52 bits per heavy atom. The van der Waals surface area contributed by atoms with Gasteiger partial charge in [-0.2, -0.15) is 0 Å². The van der Waals surface area contributed by atoms with Crippen LogP contribution >= 0.6 is 0 Å². The smallest absolute Gasteiger partial charge is 0.270 e. The third-order valence-corrected chi connectivity index (χ3v) is 3.43. The van der Waals surface area contributed by atoms with E-state index < -0.39 is 4.92 Å². The highest BCUT2D eigenvalue weighted by Gasteiger charge is 2.31. The van der Waals surface area contributed by atoms with Gasteiger partial charge in [-0.3, -0.25) is 14.9 Å².